The predicted octanol–water partition coefficient (Wildman–Crippen LogP) is 3.62. The van der Waals surface area contributed by atoms with Crippen LogP contribution in [0.4, 0.5) is 10.1 Å². The summed E-state index contributed by atoms with van der Waals surface area (Å²) in [5, 5.41) is 25.8. The Morgan fingerprint density at radius 1 is 1.19 bits per heavy atom. The molecule has 4 N–H and O–H groups in total. The molecular weight excluding hydrogens is 509 g/mol. The molecule has 0 bridgehead atoms. The first-order chi connectivity index (χ1) is 17.0. The number of nitrogens with zero attached hydrogens (tertiary/aromatic N) is 1. The highest BCUT2D eigenvalue weighted by molar-refractivity contribution is 7.89. The van der Waals surface area contributed by atoms with Crippen molar-refractivity contribution in [2.75, 3.05) is 11.9 Å². The Kier molecular flexibility index (Phi) is 8.30. The fourth-order valence-corrected chi connectivity index (χ4v) is 3.96. The summed E-state index contributed by atoms with van der Waals surface area (Å²) in [5.74, 6) is 3.41. The fourth-order valence-electron chi connectivity index (χ4n) is 3.18. The summed E-state index contributed by atoms with van der Waals surface area (Å²) >= 11 is 6.14. The molecule has 0 radical (unpaired) electrons. The number of aryl methyl sites for hydroxylation is 1. The van der Waals surface area contributed by atoms with Gasteiger partial charge in [0.05, 0.1) is 28.0 Å². The first-order valence-electron chi connectivity index (χ1n) is 10.2. The number of nitrogens with one attached hydrogen (secondary N) is 1. The monoisotopic (exact) mass is 527 g/mol. The number of carbonyl (C=O) groups is 1. The molecule has 0 aliphatic carbocycles. The first kappa shape index (κ1) is 26.7. The maximum Gasteiger partial charge on any atom is 0.238 e. The van der Waals surface area contributed by atoms with Gasteiger partial charge < -0.3 is 15.2 Å². The average Bonchev–Trinajstić information content (AvgIpc) is 2.82. The van der Waals surface area contributed by atoms with Gasteiger partial charge in [-0.15, -0.1) is 0 Å². The molecular formula is C25H19ClFN3O5S. The molecule has 0 aromatic heterocycles. The topological polar surface area (TPSA) is 143 Å². The maximum atomic E-state index is 15.3. The third kappa shape index (κ3) is 6.60. The molecule has 1 amide bonds. The zero-order valence-electron chi connectivity index (χ0n) is 18.8. The summed E-state index contributed by atoms with van der Waals surface area (Å²) in [6.45, 7) is 1.21. The Morgan fingerprint density at radius 2 is 1.92 bits per heavy atom. The number of hydrogen-bond donors (Lipinski definition) is 3. The number of halogens is 2. The summed E-state index contributed by atoms with van der Waals surface area (Å²) in [5.41, 5.74) is 1.35. The van der Waals surface area contributed by atoms with Crippen molar-refractivity contribution >= 4 is 33.2 Å². The Hall–Kier alpha value is -3.93. The molecule has 8 nitrogen and oxygen atoms in total. The van der Waals surface area contributed by atoms with Crippen molar-refractivity contribution in [2.45, 2.75) is 18.2 Å². The quantitative estimate of drug-likeness (QED) is 0.418. The zero-order valence-corrected chi connectivity index (χ0v) is 20.4. The van der Waals surface area contributed by atoms with Gasteiger partial charge in [-0.2, -0.15) is 5.26 Å². The van der Waals surface area contributed by atoms with E-state index in [9.17, 15) is 18.5 Å². The molecule has 0 spiro atoms. The molecule has 0 saturated heterocycles. The number of hydrogen-bond acceptors (Lipinski definition) is 6. The largest absolute Gasteiger partial charge is 0.453 e. The van der Waals surface area contributed by atoms with Gasteiger partial charge in [-0.3, -0.25) is 4.79 Å². The summed E-state index contributed by atoms with van der Waals surface area (Å²) in [7, 11) is -3.90. The van der Waals surface area contributed by atoms with Crippen LogP contribution in [-0.4, -0.2) is 26.0 Å². The van der Waals surface area contributed by atoms with E-state index in [4.69, 9.17) is 26.6 Å². The number of aliphatic hydroxyl groups excluding tert-OH is 1. The van der Waals surface area contributed by atoms with Gasteiger partial charge in [0.2, 0.25) is 15.9 Å². The van der Waals surface area contributed by atoms with Crippen LogP contribution in [-0.2, 0) is 21.2 Å². The molecule has 0 aliphatic rings. The second-order valence-corrected chi connectivity index (χ2v) is 9.48. The molecule has 3 aromatic rings. The number of benzene rings is 3. The molecule has 3 aromatic carbocycles. The highest BCUT2D eigenvalue weighted by Crippen LogP contribution is 2.35. The van der Waals surface area contributed by atoms with E-state index in [1.807, 2.05) is 6.07 Å². The van der Waals surface area contributed by atoms with Crippen LogP contribution in [0.2, 0.25) is 5.02 Å². The van der Waals surface area contributed by atoms with Gasteiger partial charge in [0.15, 0.2) is 11.6 Å². The predicted molar refractivity (Wildman–Crippen MR) is 131 cm³/mol. The number of carbonyl (C=O) groups excluding carboxylic acids is 1. The van der Waals surface area contributed by atoms with Crippen LogP contribution in [0.3, 0.4) is 0 Å². The Balaban J connectivity index is 1.84. The number of primary sulfonamides is 1. The molecule has 3 rings (SSSR count). The lowest BCUT2D eigenvalue weighted by atomic mass is 10.1. The fraction of sp³-hybridized carbons (Fsp3) is 0.120. The lowest BCUT2D eigenvalue weighted by molar-refractivity contribution is -0.115. The third-order valence-corrected chi connectivity index (χ3v) is 6.06. The summed E-state index contributed by atoms with van der Waals surface area (Å²) in [6.07, 6.45) is -0.374. The van der Waals surface area contributed by atoms with Crippen molar-refractivity contribution in [3.05, 3.63) is 81.6 Å². The highest BCUT2D eigenvalue weighted by atomic mass is 35.5. The van der Waals surface area contributed by atoms with E-state index in [-0.39, 0.29) is 45.6 Å². The van der Waals surface area contributed by atoms with Crippen LogP contribution in [0.25, 0.3) is 0 Å². The number of anilines is 1. The Bertz CT molecular complexity index is 1560. The molecule has 184 valence electrons. The van der Waals surface area contributed by atoms with Crippen molar-refractivity contribution in [3.63, 3.8) is 0 Å². The highest BCUT2D eigenvalue weighted by Gasteiger charge is 2.18. The van der Waals surface area contributed by atoms with Crippen molar-refractivity contribution in [1.29, 1.82) is 5.26 Å². The molecule has 0 unspecified atom stereocenters. The molecule has 0 aliphatic heterocycles. The van der Waals surface area contributed by atoms with Gasteiger partial charge in [-0.1, -0.05) is 29.5 Å². The minimum atomic E-state index is -3.90. The number of rotatable bonds is 6. The normalized spacial score (nSPS) is 10.7. The lowest BCUT2D eigenvalue weighted by Gasteiger charge is -2.13. The van der Waals surface area contributed by atoms with E-state index >= 15 is 4.39 Å². The standard InChI is InChI=1S/C25H19ClFN3O5S/c1-15-9-20(36(29,33)34)5-7-22(15)30-23(32)13-18-4-6-21(26)25(24(18)27)35-19-11-16(3-2-8-31)10-17(12-19)14-28/h4-7,9-12,31H,8,13H2,1H3,(H,30,32)(H2,29,33,34). The van der Waals surface area contributed by atoms with Gasteiger partial charge in [0.25, 0.3) is 0 Å². The SMILES string of the molecule is Cc1cc(S(N)(=O)=O)ccc1NC(=O)Cc1ccc(Cl)c(Oc2cc(C#N)cc(C#CCO)c2)c1F. The van der Waals surface area contributed by atoms with Crippen molar-refractivity contribution in [2.24, 2.45) is 5.14 Å². The number of amides is 1. The summed E-state index contributed by atoms with van der Waals surface area (Å²) < 4.78 is 43.9. The van der Waals surface area contributed by atoms with Crippen LogP contribution in [0.15, 0.2) is 53.4 Å². The van der Waals surface area contributed by atoms with Crippen LogP contribution < -0.4 is 15.2 Å². The Labute approximate surface area is 212 Å². The second-order valence-electron chi connectivity index (χ2n) is 7.52. The van der Waals surface area contributed by atoms with E-state index in [1.165, 1.54) is 48.5 Å². The van der Waals surface area contributed by atoms with Gasteiger partial charge >= 0.3 is 0 Å². The van der Waals surface area contributed by atoms with Crippen LogP contribution in [0, 0.1) is 35.9 Å². The Morgan fingerprint density at radius 3 is 2.56 bits per heavy atom. The van der Waals surface area contributed by atoms with Crippen LogP contribution in [0.5, 0.6) is 11.5 Å². The number of sulfonamides is 1. The minimum Gasteiger partial charge on any atom is -0.453 e. The van der Waals surface area contributed by atoms with Gasteiger partial charge in [0.1, 0.15) is 12.4 Å². The van der Waals surface area contributed by atoms with E-state index in [2.05, 4.69) is 17.2 Å². The van der Waals surface area contributed by atoms with Crippen molar-refractivity contribution in [1.82, 2.24) is 0 Å². The molecule has 0 fully saturated rings. The minimum absolute atomic E-state index is 0.0116. The smallest absolute Gasteiger partial charge is 0.238 e. The third-order valence-electron chi connectivity index (χ3n) is 4.85. The van der Waals surface area contributed by atoms with E-state index in [0.717, 1.165) is 0 Å². The molecule has 11 heteroatoms. The molecule has 36 heavy (non-hydrogen) atoms. The molecule has 0 heterocycles. The number of nitrogens with two attached hydrogens (primary N) is 1. The second kappa shape index (κ2) is 11.2. The van der Waals surface area contributed by atoms with E-state index in [1.54, 1.807) is 6.92 Å². The first-order valence-corrected chi connectivity index (χ1v) is 12.2. The summed E-state index contributed by atoms with van der Waals surface area (Å²) in [4.78, 5) is 12.5. The van der Waals surface area contributed by atoms with Gasteiger partial charge in [0, 0.05) is 16.8 Å². The van der Waals surface area contributed by atoms with Crippen molar-refractivity contribution in [3.8, 4) is 29.4 Å². The lowest BCUT2D eigenvalue weighted by Crippen LogP contribution is -2.17. The number of nitriles is 1. The van der Waals surface area contributed by atoms with Crippen LogP contribution in [0.1, 0.15) is 22.3 Å². The molecule has 0 atom stereocenters. The average molecular weight is 528 g/mol. The number of ether oxygens (including phenoxy) is 1. The van der Waals surface area contributed by atoms with E-state index < -0.39 is 21.7 Å². The maximum absolute atomic E-state index is 15.3. The van der Waals surface area contributed by atoms with E-state index in [0.29, 0.717) is 16.8 Å². The van der Waals surface area contributed by atoms with Gasteiger partial charge in [-0.25, -0.2) is 17.9 Å². The molecule has 0 saturated carbocycles. The van der Waals surface area contributed by atoms with Crippen molar-refractivity contribution < 1.29 is 27.4 Å². The zero-order chi connectivity index (χ0) is 26.5. The van der Waals surface area contributed by atoms with Gasteiger partial charge in [-0.05, 0) is 55.0 Å². The van der Waals surface area contributed by atoms with Crippen LogP contribution >= 0.6 is 11.6 Å². The number of aliphatic hydroxyl groups is 1. The summed E-state index contributed by atoms with van der Waals surface area (Å²) in [6, 6.07) is 12.9.